The van der Waals surface area contributed by atoms with Crippen molar-refractivity contribution < 1.29 is 14.3 Å². The molecule has 4 rings (SSSR count). The minimum absolute atomic E-state index is 0.121. The van der Waals surface area contributed by atoms with Crippen LogP contribution in [0, 0.1) is 5.92 Å². The largest absolute Gasteiger partial charge is 0.493 e. The van der Waals surface area contributed by atoms with Crippen LogP contribution in [0.25, 0.3) is 0 Å². The topological polar surface area (TPSA) is 38.8 Å². The number of rotatable bonds is 11. The second-order valence-electron chi connectivity index (χ2n) is 9.60. The molecule has 0 N–H and O–H groups in total. The number of hydrogen-bond donors (Lipinski definition) is 0. The van der Waals surface area contributed by atoms with Crippen LogP contribution in [0.4, 0.5) is 0 Å². The summed E-state index contributed by atoms with van der Waals surface area (Å²) in [6.45, 7) is 5.07. The summed E-state index contributed by atoms with van der Waals surface area (Å²) in [7, 11) is 1.65. The quantitative estimate of drug-likeness (QED) is 0.218. The van der Waals surface area contributed by atoms with E-state index < -0.39 is 0 Å². The molecule has 4 aromatic carbocycles. The van der Waals surface area contributed by atoms with Crippen molar-refractivity contribution in [2.24, 2.45) is 5.92 Å². The van der Waals surface area contributed by atoms with Gasteiger partial charge in [0.05, 0.1) is 13.2 Å². The highest BCUT2D eigenvalue weighted by molar-refractivity contribution is 5.77. The van der Waals surface area contributed by atoms with Crippen LogP contribution in [0.3, 0.4) is 0 Å². The third kappa shape index (κ3) is 7.01. The maximum Gasteiger partial charge on any atom is 0.223 e. The van der Waals surface area contributed by atoms with E-state index in [-0.39, 0.29) is 17.9 Å². The molecule has 0 saturated carbocycles. The molecule has 4 nitrogen and oxygen atoms in total. The van der Waals surface area contributed by atoms with Gasteiger partial charge in [-0.1, -0.05) is 111 Å². The Balaban J connectivity index is 1.66. The molecule has 0 aliphatic carbocycles. The van der Waals surface area contributed by atoms with Crippen molar-refractivity contribution in [3.8, 4) is 11.5 Å². The molecule has 37 heavy (non-hydrogen) atoms. The van der Waals surface area contributed by atoms with E-state index in [9.17, 15) is 4.79 Å². The van der Waals surface area contributed by atoms with Crippen molar-refractivity contribution in [2.75, 3.05) is 7.11 Å². The van der Waals surface area contributed by atoms with E-state index >= 15 is 0 Å². The summed E-state index contributed by atoms with van der Waals surface area (Å²) in [4.78, 5) is 15.7. The Bertz CT molecular complexity index is 1220. The zero-order valence-electron chi connectivity index (χ0n) is 21.8. The lowest BCUT2D eigenvalue weighted by molar-refractivity contribution is -0.134. The highest BCUT2D eigenvalue weighted by atomic mass is 16.5. The van der Waals surface area contributed by atoms with Gasteiger partial charge in [0, 0.05) is 13.0 Å². The van der Waals surface area contributed by atoms with Crippen molar-refractivity contribution >= 4 is 5.91 Å². The molecular formula is C33H35NO3. The standard InChI is InChI=1S/C33H35NO3/c1-25(2)21-32(35)34(33(28-15-9-5-10-16-28)29-17-11-6-12-18-29)23-27-19-20-30(31(22-27)36-3)37-24-26-13-7-4-8-14-26/h4-20,22,25,33H,21,23-24H2,1-3H3. The Morgan fingerprint density at radius 2 is 1.30 bits per heavy atom. The molecule has 0 aromatic heterocycles. The Hall–Kier alpha value is -4.05. The number of methoxy groups -OCH3 is 1. The molecule has 0 aliphatic heterocycles. The van der Waals surface area contributed by atoms with Gasteiger partial charge in [-0.2, -0.15) is 0 Å². The van der Waals surface area contributed by atoms with Crippen LogP contribution in [0.15, 0.2) is 109 Å². The third-order valence-electron chi connectivity index (χ3n) is 6.26. The molecule has 4 aromatic rings. The second-order valence-corrected chi connectivity index (χ2v) is 9.60. The predicted octanol–water partition coefficient (Wildman–Crippen LogP) is 7.44. The molecule has 0 bridgehead atoms. The summed E-state index contributed by atoms with van der Waals surface area (Å²) in [6.07, 6.45) is 0.478. The molecular weight excluding hydrogens is 458 g/mol. The SMILES string of the molecule is COc1cc(CN(C(=O)CC(C)C)C(c2ccccc2)c2ccccc2)ccc1OCc1ccccc1. The van der Waals surface area contributed by atoms with Crippen molar-refractivity contribution in [2.45, 2.75) is 39.5 Å². The minimum Gasteiger partial charge on any atom is -0.493 e. The van der Waals surface area contributed by atoms with Crippen molar-refractivity contribution in [1.82, 2.24) is 4.90 Å². The van der Waals surface area contributed by atoms with Gasteiger partial charge >= 0.3 is 0 Å². The van der Waals surface area contributed by atoms with E-state index in [0.717, 1.165) is 22.3 Å². The molecule has 0 radical (unpaired) electrons. The Morgan fingerprint density at radius 1 is 0.730 bits per heavy atom. The fourth-order valence-electron chi connectivity index (χ4n) is 4.47. The van der Waals surface area contributed by atoms with E-state index in [1.807, 2.05) is 89.8 Å². The smallest absolute Gasteiger partial charge is 0.223 e. The van der Waals surface area contributed by atoms with Gasteiger partial charge in [-0.3, -0.25) is 4.79 Å². The number of hydrogen-bond acceptors (Lipinski definition) is 3. The van der Waals surface area contributed by atoms with Gasteiger partial charge in [0.15, 0.2) is 11.5 Å². The number of amides is 1. The lowest BCUT2D eigenvalue weighted by Gasteiger charge is -2.33. The molecule has 190 valence electrons. The van der Waals surface area contributed by atoms with E-state index in [1.165, 1.54) is 0 Å². The molecule has 4 heteroatoms. The van der Waals surface area contributed by atoms with Crippen molar-refractivity contribution in [3.05, 3.63) is 131 Å². The lowest BCUT2D eigenvalue weighted by Crippen LogP contribution is -2.35. The molecule has 0 aliphatic rings. The summed E-state index contributed by atoms with van der Waals surface area (Å²) in [5, 5.41) is 0. The van der Waals surface area contributed by atoms with Crippen molar-refractivity contribution in [1.29, 1.82) is 0 Å². The Morgan fingerprint density at radius 3 is 1.84 bits per heavy atom. The minimum atomic E-state index is -0.200. The first kappa shape index (κ1) is 26.0. The second kappa shape index (κ2) is 12.8. The Kier molecular flexibility index (Phi) is 8.98. The zero-order chi connectivity index (χ0) is 26.0. The third-order valence-corrected chi connectivity index (χ3v) is 6.26. The van der Waals surface area contributed by atoms with E-state index in [0.29, 0.717) is 31.1 Å². The van der Waals surface area contributed by atoms with Crippen LogP contribution in [0.5, 0.6) is 11.5 Å². The molecule has 0 saturated heterocycles. The monoisotopic (exact) mass is 493 g/mol. The van der Waals surface area contributed by atoms with Crippen LogP contribution in [-0.4, -0.2) is 17.9 Å². The first-order chi connectivity index (χ1) is 18.0. The van der Waals surface area contributed by atoms with Crippen LogP contribution < -0.4 is 9.47 Å². The van der Waals surface area contributed by atoms with Crippen LogP contribution in [0.2, 0.25) is 0 Å². The Labute approximate surface area is 220 Å². The molecule has 0 fully saturated rings. The lowest BCUT2D eigenvalue weighted by atomic mass is 9.95. The molecule has 0 atom stereocenters. The van der Waals surface area contributed by atoms with E-state index in [2.05, 4.69) is 38.1 Å². The summed E-state index contributed by atoms with van der Waals surface area (Å²) >= 11 is 0. The number of nitrogens with zero attached hydrogens (tertiary/aromatic N) is 1. The van der Waals surface area contributed by atoms with Crippen LogP contribution in [-0.2, 0) is 17.9 Å². The first-order valence-electron chi connectivity index (χ1n) is 12.8. The molecule has 0 unspecified atom stereocenters. The van der Waals surface area contributed by atoms with Gasteiger partial charge in [-0.05, 0) is 40.3 Å². The maximum atomic E-state index is 13.7. The summed E-state index contributed by atoms with van der Waals surface area (Å²) in [5.41, 5.74) is 4.24. The molecule has 0 heterocycles. The van der Waals surface area contributed by atoms with E-state index in [4.69, 9.17) is 9.47 Å². The van der Waals surface area contributed by atoms with Gasteiger partial charge in [-0.15, -0.1) is 0 Å². The van der Waals surface area contributed by atoms with Crippen LogP contribution in [0.1, 0.15) is 48.6 Å². The first-order valence-corrected chi connectivity index (χ1v) is 12.8. The fourth-order valence-corrected chi connectivity index (χ4v) is 4.47. The maximum absolute atomic E-state index is 13.7. The molecule has 1 amide bonds. The van der Waals surface area contributed by atoms with Gasteiger partial charge in [0.2, 0.25) is 5.91 Å². The van der Waals surface area contributed by atoms with Gasteiger partial charge in [-0.25, -0.2) is 0 Å². The number of benzene rings is 4. The summed E-state index contributed by atoms with van der Waals surface area (Å²) in [5.74, 6) is 1.71. The van der Waals surface area contributed by atoms with E-state index in [1.54, 1.807) is 7.11 Å². The average molecular weight is 494 g/mol. The normalized spacial score (nSPS) is 10.9. The van der Waals surface area contributed by atoms with Gasteiger partial charge in [0.1, 0.15) is 6.61 Å². The molecule has 0 spiro atoms. The average Bonchev–Trinajstić information content (AvgIpc) is 2.93. The predicted molar refractivity (Wildman–Crippen MR) is 148 cm³/mol. The van der Waals surface area contributed by atoms with Crippen LogP contribution >= 0.6 is 0 Å². The highest BCUT2D eigenvalue weighted by Crippen LogP contribution is 2.34. The number of carbonyl (C=O) groups is 1. The van der Waals surface area contributed by atoms with Crippen molar-refractivity contribution in [3.63, 3.8) is 0 Å². The summed E-state index contributed by atoms with van der Waals surface area (Å²) in [6, 6.07) is 36.3. The summed E-state index contributed by atoms with van der Waals surface area (Å²) < 4.78 is 11.7. The number of carbonyl (C=O) groups excluding carboxylic acids is 1. The fraction of sp³-hybridized carbons (Fsp3) is 0.242. The zero-order valence-corrected chi connectivity index (χ0v) is 21.8. The van der Waals surface area contributed by atoms with Gasteiger partial charge < -0.3 is 14.4 Å². The number of ether oxygens (including phenoxy) is 2. The van der Waals surface area contributed by atoms with Gasteiger partial charge in [0.25, 0.3) is 0 Å². The highest BCUT2D eigenvalue weighted by Gasteiger charge is 2.27.